The van der Waals surface area contributed by atoms with Gasteiger partial charge in [0.2, 0.25) is 5.89 Å². The van der Waals surface area contributed by atoms with Gasteiger partial charge in [0.25, 0.3) is 0 Å². The van der Waals surface area contributed by atoms with Gasteiger partial charge in [-0.3, -0.25) is 0 Å². The van der Waals surface area contributed by atoms with E-state index in [-0.39, 0.29) is 0 Å². The second-order valence-electron chi connectivity index (χ2n) is 13.1. The van der Waals surface area contributed by atoms with Gasteiger partial charge in [0.1, 0.15) is 22.3 Å². The number of hydrogen-bond acceptors (Lipinski definition) is 5. The van der Waals surface area contributed by atoms with E-state index in [1.165, 1.54) is 16.3 Å². The van der Waals surface area contributed by atoms with Crippen molar-refractivity contribution in [1.29, 1.82) is 0 Å². The molecule has 52 heavy (non-hydrogen) atoms. The highest BCUT2D eigenvalue weighted by molar-refractivity contribution is 6.16. The third-order valence-corrected chi connectivity index (χ3v) is 10.1. The van der Waals surface area contributed by atoms with Gasteiger partial charge in [-0.25, -0.2) is 4.98 Å². The lowest BCUT2D eigenvalue weighted by Gasteiger charge is -2.26. The van der Waals surface area contributed by atoms with Gasteiger partial charge in [-0.2, -0.15) is 0 Å². The lowest BCUT2D eigenvalue weighted by molar-refractivity contribution is 0.620. The third-order valence-electron chi connectivity index (χ3n) is 10.1. The summed E-state index contributed by atoms with van der Waals surface area (Å²) in [5.74, 6) is 0.568. The van der Waals surface area contributed by atoms with Gasteiger partial charge in [-0.1, -0.05) is 103 Å². The van der Waals surface area contributed by atoms with Gasteiger partial charge >= 0.3 is 0 Å². The van der Waals surface area contributed by atoms with Gasteiger partial charge in [-0.15, -0.1) is 0 Å². The number of rotatable bonds is 5. The van der Waals surface area contributed by atoms with Crippen molar-refractivity contribution in [2.75, 3.05) is 4.90 Å². The molecule has 8 aromatic carbocycles. The van der Waals surface area contributed by atoms with Gasteiger partial charge in [0.15, 0.2) is 11.2 Å². The topological polar surface area (TPSA) is 55.6 Å². The van der Waals surface area contributed by atoms with Crippen molar-refractivity contribution < 1.29 is 13.3 Å². The molecule has 0 aliphatic rings. The van der Waals surface area contributed by atoms with Crippen LogP contribution in [0.5, 0.6) is 0 Å². The second-order valence-corrected chi connectivity index (χ2v) is 13.1. The molecule has 0 amide bonds. The zero-order chi connectivity index (χ0) is 34.2. The SMILES string of the molecule is c1ccc2c(-c3ccc(N(c4ccc5oc6ccccc6c5c4)c4cccc5c4oc4cccc(-c6nc7ccccc7o6)c45)cc3)cccc2c1. The van der Waals surface area contributed by atoms with Crippen LogP contribution in [0.3, 0.4) is 0 Å². The Morgan fingerprint density at radius 3 is 2.00 bits per heavy atom. The molecule has 0 N–H and O–H groups in total. The number of furan rings is 2. The van der Waals surface area contributed by atoms with Gasteiger partial charge in [0, 0.05) is 38.5 Å². The predicted octanol–water partition coefficient (Wildman–Crippen LogP) is 13.6. The molecule has 0 spiro atoms. The molecule has 0 radical (unpaired) electrons. The van der Waals surface area contributed by atoms with Crippen LogP contribution in [0.2, 0.25) is 0 Å². The maximum atomic E-state index is 6.80. The minimum Gasteiger partial charge on any atom is -0.456 e. The highest BCUT2D eigenvalue weighted by Crippen LogP contribution is 2.46. The Morgan fingerprint density at radius 2 is 1.10 bits per heavy atom. The summed E-state index contributed by atoms with van der Waals surface area (Å²) >= 11 is 0. The van der Waals surface area contributed by atoms with Gasteiger partial charge in [-0.05, 0) is 88.6 Å². The number of para-hydroxylation sites is 4. The van der Waals surface area contributed by atoms with Crippen molar-refractivity contribution in [1.82, 2.24) is 4.98 Å². The van der Waals surface area contributed by atoms with Crippen molar-refractivity contribution in [2.45, 2.75) is 0 Å². The van der Waals surface area contributed by atoms with Crippen molar-refractivity contribution in [3.63, 3.8) is 0 Å². The normalized spacial score (nSPS) is 11.8. The van der Waals surface area contributed by atoms with Gasteiger partial charge in [0.05, 0.1) is 5.69 Å². The van der Waals surface area contributed by atoms with E-state index >= 15 is 0 Å². The number of anilines is 3. The Labute approximate surface area is 297 Å². The molecule has 5 nitrogen and oxygen atoms in total. The summed E-state index contributed by atoms with van der Waals surface area (Å²) in [6.07, 6.45) is 0. The van der Waals surface area contributed by atoms with Crippen LogP contribution in [0.25, 0.3) is 88.3 Å². The summed E-state index contributed by atoms with van der Waals surface area (Å²) in [7, 11) is 0. The molecular formula is C47H28N2O3. The largest absolute Gasteiger partial charge is 0.456 e. The van der Waals surface area contributed by atoms with Crippen molar-refractivity contribution in [3.05, 3.63) is 170 Å². The van der Waals surface area contributed by atoms with Crippen LogP contribution in [0.4, 0.5) is 17.1 Å². The fraction of sp³-hybridized carbons (Fsp3) is 0. The predicted molar refractivity (Wildman–Crippen MR) is 212 cm³/mol. The maximum absolute atomic E-state index is 6.80. The van der Waals surface area contributed by atoms with E-state index in [0.717, 1.165) is 83.2 Å². The first-order chi connectivity index (χ1) is 25.8. The zero-order valence-corrected chi connectivity index (χ0v) is 27.8. The fourth-order valence-corrected chi connectivity index (χ4v) is 7.72. The minimum atomic E-state index is 0.568. The molecule has 0 aliphatic heterocycles. The molecule has 0 saturated heterocycles. The average Bonchev–Trinajstić information content (AvgIpc) is 3.92. The molecule has 5 heteroatoms. The number of aromatic nitrogens is 1. The molecule has 0 fully saturated rings. The highest BCUT2D eigenvalue weighted by atomic mass is 16.4. The zero-order valence-electron chi connectivity index (χ0n) is 27.8. The van der Waals surface area contributed by atoms with E-state index in [0.29, 0.717) is 5.89 Å². The summed E-state index contributed by atoms with van der Waals surface area (Å²) in [6.45, 7) is 0. The van der Waals surface area contributed by atoms with Crippen LogP contribution in [0.15, 0.2) is 183 Å². The first kappa shape index (κ1) is 28.7. The summed E-state index contributed by atoms with van der Waals surface area (Å²) in [6, 6.07) is 58.6. The molecule has 3 aromatic heterocycles. The number of oxazole rings is 1. The number of fused-ring (bicyclic) bond motifs is 8. The van der Waals surface area contributed by atoms with E-state index < -0.39 is 0 Å². The Kier molecular flexibility index (Phi) is 6.18. The summed E-state index contributed by atoms with van der Waals surface area (Å²) in [4.78, 5) is 7.12. The van der Waals surface area contributed by atoms with Crippen LogP contribution in [0.1, 0.15) is 0 Å². The molecule has 0 atom stereocenters. The smallest absolute Gasteiger partial charge is 0.228 e. The first-order valence-electron chi connectivity index (χ1n) is 17.4. The van der Waals surface area contributed by atoms with Crippen molar-refractivity contribution in [2.24, 2.45) is 0 Å². The van der Waals surface area contributed by atoms with E-state index in [1.54, 1.807) is 0 Å². The molecule has 0 bridgehead atoms. The van der Waals surface area contributed by atoms with Gasteiger partial charge < -0.3 is 18.2 Å². The Balaban J connectivity index is 1.13. The van der Waals surface area contributed by atoms with E-state index in [1.807, 2.05) is 48.5 Å². The maximum Gasteiger partial charge on any atom is 0.228 e. The lowest BCUT2D eigenvalue weighted by atomic mass is 9.98. The molecule has 3 heterocycles. The number of nitrogens with zero attached hydrogens (tertiary/aromatic N) is 2. The quantitative estimate of drug-likeness (QED) is 0.183. The Morgan fingerprint density at radius 1 is 0.423 bits per heavy atom. The van der Waals surface area contributed by atoms with Crippen LogP contribution in [0, 0.1) is 0 Å². The van der Waals surface area contributed by atoms with E-state index in [4.69, 9.17) is 18.2 Å². The summed E-state index contributed by atoms with van der Waals surface area (Å²) in [5.41, 5.74) is 11.0. The minimum absolute atomic E-state index is 0.568. The summed E-state index contributed by atoms with van der Waals surface area (Å²) in [5, 5.41) is 6.54. The monoisotopic (exact) mass is 668 g/mol. The molecule has 0 saturated carbocycles. The van der Waals surface area contributed by atoms with Crippen molar-refractivity contribution in [3.8, 4) is 22.6 Å². The first-order valence-corrected chi connectivity index (χ1v) is 17.4. The highest BCUT2D eigenvalue weighted by Gasteiger charge is 2.23. The molecule has 0 aliphatic carbocycles. The van der Waals surface area contributed by atoms with Crippen molar-refractivity contribution >= 4 is 82.8 Å². The van der Waals surface area contributed by atoms with Crippen LogP contribution in [-0.4, -0.2) is 4.98 Å². The van der Waals surface area contributed by atoms with E-state index in [9.17, 15) is 0 Å². The molecular weight excluding hydrogens is 641 g/mol. The Hall–Kier alpha value is -7.11. The number of hydrogen-bond donors (Lipinski definition) is 0. The molecule has 0 unspecified atom stereocenters. The molecule has 244 valence electrons. The van der Waals surface area contributed by atoms with Crippen LogP contribution >= 0.6 is 0 Å². The summed E-state index contributed by atoms with van der Waals surface area (Å²) < 4.78 is 19.3. The number of benzene rings is 8. The van der Waals surface area contributed by atoms with E-state index in [2.05, 4.69) is 126 Å². The average molecular weight is 669 g/mol. The second kappa shape index (κ2) is 11.2. The van der Waals surface area contributed by atoms with Crippen LogP contribution < -0.4 is 4.90 Å². The lowest BCUT2D eigenvalue weighted by Crippen LogP contribution is -2.10. The van der Waals surface area contributed by atoms with Crippen LogP contribution in [-0.2, 0) is 0 Å². The fourth-order valence-electron chi connectivity index (χ4n) is 7.72. The standard InChI is InChI=1S/C47H28N2O3/c1-2-12-33-29(10-1)11-7-14-34(33)30-22-24-31(25-23-30)49(32-26-27-42-38(28-32)35-13-3-5-19-41(35)50-42)40-18-8-15-36-45-37(16-9-21-44(45)51-46(36)40)47-48-39-17-4-6-20-43(39)52-47/h1-28H. The Bertz CT molecular complexity index is 3110. The molecule has 11 aromatic rings. The molecule has 11 rings (SSSR count). The third kappa shape index (κ3) is 4.39.